The van der Waals surface area contributed by atoms with Crippen LogP contribution in [-0.4, -0.2) is 12.6 Å². The maximum absolute atomic E-state index is 12.6. The Morgan fingerprint density at radius 3 is 1.82 bits per heavy atom. The van der Waals surface area contributed by atoms with E-state index in [4.69, 9.17) is 9.47 Å². The predicted molar refractivity (Wildman–Crippen MR) is 139 cm³/mol. The topological polar surface area (TPSA) is 35.5 Å². The Hall–Kier alpha value is -1.51. The van der Waals surface area contributed by atoms with Gasteiger partial charge < -0.3 is 9.47 Å². The molecule has 1 aliphatic carbocycles. The zero-order valence-corrected chi connectivity index (χ0v) is 21.6. The Labute approximate surface area is 204 Å². The third-order valence-corrected chi connectivity index (χ3v) is 7.20. The number of esters is 1. The van der Waals surface area contributed by atoms with Crippen molar-refractivity contribution in [3.8, 4) is 11.5 Å². The average molecular weight is 459 g/mol. The summed E-state index contributed by atoms with van der Waals surface area (Å²) in [6, 6.07) is 7.56. The first-order valence-corrected chi connectivity index (χ1v) is 14.2. The van der Waals surface area contributed by atoms with Crippen molar-refractivity contribution in [1.82, 2.24) is 0 Å². The van der Waals surface area contributed by atoms with E-state index in [1.807, 2.05) is 24.3 Å². The number of carbonyl (C=O) groups is 1. The van der Waals surface area contributed by atoms with E-state index in [0.29, 0.717) is 5.75 Å². The van der Waals surface area contributed by atoms with E-state index in [0.717, 1.165) is 37.5 Å². The Morgan fingerprint density at radius 1 is 0.697 bits per heavy atom. The summed E-state index contributed by atoms with van der Waals surface area (Å²) in [6.07, 6.45) is 22.9. The molecule has 1 aliphatic rings. The van der Waals surface area contributed by atoms with Crippen molar-refractivity contribution in [1.29, 1.82) is 0 Å². The summed E-state index contributed by atoms with van der Waals surface area (Å²) in [6.45, 7) is 5.28. The first kappa shape index (κ1) is 27.7. The molecule has 0 heterocycles. The summed E-state index contributed by atoms with van der Waals surface area (Å²) in [5.41, 5.74) is 0. The molecule has 3 heteroatoms. The van der Waals surface area contributed by atoms with Gasteiger partial charge in [0, 0.05) is 0 Å². The second-order valence-electron chi connectivity index (χ2n) is 10.1. The van der Waals surface area contributed by atoms with E-state index >= 15 is 0 Å². The van der Waals surface area contributed by atoms with Gasteiger partial charge >= 0.3 is 5.97 Å². The van der Waals surface area contributed by atoms with E-state index in [2.05, 4.69) is 13.8 Å². The fourth-order valence-electron chi connectivity index (χ4n) is 4.95. The van der Waals surface area contributed by atoms with Crippen LogP contribution in [0.4, 0.5) is 0 Å². The van der Waals surface area contributed by atoms with Crippen molar-refractivity contribution in [2.75, 3.05) is 6.61 Å². The minimum atomic E-state index is -0.0512. The first-order valence-electron chi connectivity index (χ1n) is 14.2. The van der Waals surface area contributed by atoms with Gasteiger partial charge in [0.15, 0.2) is 0 Å². The maximum Gasteiger partial charge on any atom is 0.314 e. The van der Waals surface area contributed by atoms with Crippen LogP contribution in [0.15, 0.2) is 24.3 Å². The van der Waals surface area contributed by atoms with Gasteiger partial charge in [-0.05, 0) is 62.3 Å². The minimum Gasteiger partial charge on any atom is -0.494 e. The Morgan fingerprint density at radius 2 is 1.21 bits per heavy atom. The summed E-state index contributed by atoms with van der Waals surface area (Å²) in [4.78, 5) is 12.6. The molecule has 1 aromatic rings. The Kier molecular flexibility index (Phi) is 15.0. The third kappa shape index (κ3) is 12.5. The van der Waals surface area contributed by atoms with Gasteiger partial charge in [0.2, 0.25) is 0 Å². The van der Waals surface area contributed by atoms with Gasteiger partial charge in [0.05, 0.1) is 12.5 Å². The van der Waals surface area contributed by atoms with Crippen molar-refractivity contribution < 1.29 is 14.3 Å². The summed E-state index contributed by atoms with van der Waals surface area (Å²) < 4.78 is 11.5. The van der Waals surface area contributed by atoms with Crippen LogP contribution in [0, 0.1) is 11.8 Å². The third-order valence-electron chi connectivity index (χ3n) is 7.20. The first-order chi connectivity index (χ1) is 16.2. The number of hydrogen-bond acceptors (Lipinski definition) is 3. The van der Waals surface area contributed by atoms with Crippen molar-refractivity contribution in [2.45, 2.75) is 129 Å². The van der Waals surface area contributed by atoms with Crippen molar-refractivity contribution in [3.05, 3.63) is 24.3 Å². The molecule has 1 aromatic carbocycles. The molecule has 1 saturated carbocycles. The zero-order valence-electron chi connectivity index (χ0n) is 21.6. The van der Waals surface area contributed by atoms with E-state index in [1.54, 1.807) is 0 Å². The van der Waals surface area contributed by atoms with Crippen LogP contribution in [0.2, 0.25) is 0 Å². The van der Waals surface area contributed by atoms with Gasteiger partial charge in [-0.2, -0.15) is 0 Å². The predicted octanol–water partition coefficient (Wildman–Crippen LogP) is 9.28. The van der Waals surface area contributed by atoms with Gasteiger partial charge in [0.25, 0.3) is 0 Å². The highest BCUT2D eigenvalue weighted by Gasteiger charge is 2.27. The smallest absolute Gasteiger partial charge is 0.314 e. The van der Waals surface area contributed by atoms with Crippen molar-refractivity contribution in [3.63, 3.8) is 0 Å². The quantitative estimate of drug-likeness (QED) is 0.125. The van der Waals surface area contributed by atoms with E-state index in [9.17, 15) is 4.79 Å². The van der Waals surface area contributed by atoms with Gasteiger partial charge in [-0.15, -0.1) is 0 Å². The van der Waals surface area contributed by atoms with Gasteiger partial charge in [-0.25, -0.2) is 0 Å². The Balaban J connectivity index is 1.55. The Bertz CT molecular complexity index is 601. The number of carbonyl (C=O) groups excluding carboxylic acids is 1. The number of rotatable bonds is 18. The number of ether oxygens (including phenoxy) is 2. The van der Waals surface area contributed by atoms with Crippen LogP contribution >= 0.6 is 0 Å². The zero-order chi connectivity index (χ0) is 23.6. The van der Waals surface area contributed by atoms with Crippen LogP contribution < -0.4 is 9.47 Å². The van der Waals surface area contributed by atoms with Crippen LogP contribution in [0.1, 0.15) is 129 Å². The summed E-state index contributed by atoms with van der Waals surface area (Å²) in [7, 11) is 0. The molecule has 3 nitrogen and oxygen atoms in total. The van der Waals surface area contributed by atoms with Gasteiger partial charge in [-0.3, -0.25) is 4.79 Å². The normalized spacial score (nSPS) is 18.2. The molecule has 0 unspecified atom stereocenters. The fraction of sp³-hybridized carbons (Fsp3) is 0.767. The molecule has 188 valence electrons. The molecule has 0 saturated heterocycles. The standard InChI is InChI=1S/C30H50O3/c1-3-5-7-9-11-13-15-25-32-28-21-23-29(24-22-28)33-30(31)27-19-17-26(18-20-27)16-14-12-10-8-6-4-2/h21-24,26-27H,3-20,25H2,1-2H3/t26-,27-. The van der Waals surface area contributed by atoms with Crippen LogP contribution in [0.3, 0.4) is 0 Å². The largest absolute Gasteiger partial charge is 0.494 e. The maximum atomic E-state index is 12.6. The lowest BCUT2D eigenvalue weighted by atomic mass is 9.80. The number of hydrogen-bond donors (Lipinski definition) is 0. The molecular weight excluding hydrogens is 408 g/mol. The second-order valence-corrected chi connectivity index (χ2v) is 10.1. The van der Waals surface area contributed by atoms with E-state index in [-0.39, 0.29) is 11.9 Å². The van der Waals surface area contributed by atoms with Gasteiger partial charge in [0.1, 0.15) is 11.5 Å². The minimum absolute atomic E-state index is 0.0512. The lowest BCUT2D eigenvalue weighted by Crippen LogP contribution is -2.25. The highest BCUT2D eigenvalue weighted by atomic mass is 16.5. The molecule has 1 fully saturated rings. The number of benzene rings is 1. The molecule has 0 radical (unpaired) electrons. The van der Waals surface area contributed by atoms with Gasteiger partial charge in [-0.1, -0.05) is 97.3 Å². The number of unbranched alkanes of at least 4 members (excludes halogenated alkanes) is 11. The highest BCUT2D eigenvalue weighted by molar-refractivity contribution is 5.75. The molecule has 0 bridgehead atoms. The monoisotopic (exact) mass is 458 g/mol. The lowest BCUT2D eigenvalue weighted by molar-refractivity contribution is -0.140. The van der Waals surface area contributed by atoms with E-state index < -0.39 is 0 Å². The molecule has 0 amide bonds. The van der Waals surface area contributed by atoms with Crippen molar-refractivity contribution in [2.24, 2.45) is 11.8 Å². The second kappa shape index (κ2) is 17.9. The molecule has 0 atom stereocenters. The molecule has 2 rings (SSSR count). The lowest BCUT2D eigenvalue weighted by Gasteiger charge is -2.27. The summed E-state index contributed by atoms with van der Waals surface area (Å²) in [5, 5.41) is 0. The average Bonchev–Trinajstić information content (AvgIpc) is 2.84. The molecule has 0 N–H and O–H groups in total. The molecule has 0 aliphatic heterocycles. The van der Waals surface area contributed by atoms with Crippen LogP contribution in [0.25, 0.3) is 0 Å². The SMILES string of the molecule is CCCCCCCCCOc1ccc(OC(=O)[C@H]2CC[C@H](CCCCCCCC)CC2)cc1. The molecule has 0 spiro atoms. The van der Waals surface area contributed by atoms with Crippen molar-refractivity contribution >= 4 is 5.97 Å². The summed E-state index contributed by atoms with van der Waals surface area (Å²) in [5.74, 6) is 2.32. The molecule has 0 aromatic heterocycles. The fourth-order valence-corrected chi connectivity index (χ4v) is 4.95. The summed E-state index contributed by atoms with van der Waals surface area (Å²) >= 11 is 0. The van der Waals surface area contributed by atoms with Crippen LogP contribution in [0.5, 0.6) is 11.5 Å². The molecular formula is C30H50O3. The highest BCUT2D eigenvalue weighted by Crippen LogP contribution is 2.33. The molecule has 33 heavy (non-hydrogen) atoms. The van der Waals surface area contributed by atoms with E-state index in [1.165, 1.54) is 96.3 Å². The van der Waals surface area contributed by atoms with Crippen LogP contribution in [-0.2, 0) is 4.79 Å².